The Morgan fingerprint density at radius 3 is 2.62 bits per heavy atom. The number of pyridine rings is 2. The summed E-state index contributed by atoms with van der Waals surface area (Å²) < 4.78 is 31.9. The second-order valence-corrected chi connectivity index (χ2v) is 4.32. The molecule has 3 rings (SSSR count). The Morgan fingerprint density at radius 1 is 1.05 bits per heavy atom. The standard InChI is InChI=1S/C14H10F2N4O/c1-8-7-13(20-19-8)21-12-4-2-3-10(17-12)9-5-6-11(15)18-14(9)16/h2-7H,1H3,(H,19,20). The number of aromatic nitrogens is 4. The van der Waals surface area contributed by atoms with E-state index in [1.54, 1.807) is 24.3 Å². The lowest BCUT2D eigenvalue weighted by molar-refractivity contribution is 0.444. The Bertz CT molecular complexity index is 788. The van der Waals surface area contributed by atoms with Crippen LogP contribution in [-0.4, -0.2) is 20.2 Å². The number of halogens is 2. The average molecular weight is 288 g/mol. The van der Waals surface area contributed by atoms with Crippen LogP contribution < -0.4 is 4.74 Å². The van der Waals surface area contributed by atoms with Gasteiger partial charge in [0.1, 0.15) is 0 Å². The fourth-order valence-electron chi connectivity index (χ4n) is 1.78. The minimum Gasteiger partial charge on any atom is -0.419 e. The molecule has 0 unspecified atom stereocenters. The van der Waals surface area contributed by atoms with Gasteiger partial charge < -0.3 is 4.74 Å². The molecule has 1 N–H and O–H groups in total. The van der Waals surface area contributed by atoms with E-state index in [4.69, 9.17) is 4.74 Å². The number of aromatic amines is 1. The Labute approximate surface area is 118 Å². The van der Waals surface area contributed by atoms with E-state index in [9.17, 15) is 8.78 Å². The van der Waals surface area contributed by atoms with Crippen molar-refractivity contribution in [2.75, 3.05) is 0 Å². The van der Waals surface area contributed by atoms with Crippen molar-refractivity contribution in [3.05, 3.63) is 54.0 Å². The summed E-state index contributed by atoms with van der Waals surface area (Å²) in [5.74, 6) is -1.19. The van der Waals surface area contributed by atoms with Gasteiger partial charge in [-0.1, -0.05) is 6.07 Å². The smallest absolute Gasteiger partial charge is 0.240 e. The molecule has 5 nitrogen and oxygen atoms in total. The van der Waals surface area contributed by atoms with Gasteiger partial charge in [0.25, 0.3) is 0 Å². The highest BCUT2D eigenvalue weighted by molar-refractivity contribution is 5.59. The van der Waals surface area contributed by atoms with Gasteiger partial charge in [-0.2, -0.15) is 13.8 Å². The fourth-order valence-corrected chi connectivity index (χ4v) is 1.78. The third kappa shape index (κ3) is 2.86. The van der Waals surface area contributed by atoms with E-state index >= 15 is 0 Å². The topological polar surface area (TPSA) is 63.7 Å². The quantitative estimate of drug-likeness (QED) is 0.751. The zero-order valence-electron chi connectivity index (χ0n) is 11.0. The first-order chi connectivity index (χ1) is 10.1. The number of ether oxygens (including phenoxy) is 1. The zero-order valence-corrected chi connectivity index (χ0v) is 11.0. The molecule has 0 aliphatic rings. The molecule has 0 amide bonds. The summed E-state index contributed by atoms with van der Waals surface area (Å²) in [4.78, 5) is 7.29. The molecule has 3 aromatic rings. The molecule has 0 spiro atoms. The molecular formula is C14H10F2N4O. The molecular weight excluding hydrogens is 278 g/mol. The third-order valence-corrected chi connectivity index (χ3v) is 2.71. The molecule has 0 aliphatic heterocycles. The lowest BCUT2D eigenvalue weighted by atomic mass is 10.2. The Balaban J connectivity index is 1.92. The van der Waals surface area contributed by atoms with Crippen LogP contribution in [0.4, 0.5) is 8.78 Å². The molecule has 0 saturated carbocycles. The first kappa shape index (κ1) is 13.2. The Morgan fingerprint density at radius 2 is 1.90 bits per heavy atom. The number of aryl methyl sites for hydroxylation is 1. The van der Waals surface area contributed by atoms with Gasteiger partial charge in [-0.05, 0) is 25.1 Å². The molecule has 0 aromatic carbocycles. The van der Waals surface area contributed by atoms with Crippen LogP contribution in [0.5, 0.6) is 11.8 Å². The second kappa shape index (κ2) is 5.28. The average Bonchev–Trinajstić information content (AvgIpc) is 2.84. The monoisotopic (exact) mass is 288 g/mol. The minimum absolute atomic E-state index is 0.0973. The van der Waals surface area contributed by atoms with Crippen LogP contribution in [0.3, 0.4) is 0 Å². The van der Waals surface area contributed by atoms with Gasteiger partial charge in [-0.3, -0.25) is 5.10 Å². The van der Waals surface area contributed by atoms with Crippen molar-refractivity contribution >= 4 is 0 Å². The predicted molar refractivity (Wildman–Crippen MR) is 70.8 cm³/mol. The molecule has 3 aromatic heterocycles. The lowest BCUT2D eigenvalue weighted by Gasteiger charge is -2.05. The van der Waals surface area contributed by atoms with E-state index in [0.29, 0.717) is 11.6 Å². The van der Waals surface area contributed by atoms with Gasteiger partial charge in [-0.25, -0.2) is 4.98 Å². The highest BCUT2D eigenvalue weighted by atomic mass is 19.1. The van der Waals surface area contributed by atoms with E-state index in [0.717, 1.165) is 11.8 Å². The van der Waals surface area contributed by atoms with Crippen molar-refractivity contribution in [2.24, 2.45) is 0 Å². The summed E-state index contributed by atoms with van der Waals surface area (Å²) in [5, 5.41) is 6.66. The third-order valence-electron chi connectivity index (χ3n) is 2.71. The van der Waals surface area contributed by atoms with E-state index in [1.165, 1.54) is 6.07 Å². The highest BCUT2D eigenvalue weighted by Gasteiger charge is 2.11. The number of H-pyrrole nitrogens is 1. The zero-order chi connectivity index (χ0) is 14.8. The van der Waals surface area contributed by atoms with Gasteiger partial charge in [0.05, 0.1) is 11.3 Å². The van der Waals surface area contributed by atoms with Gasteiger partial charge in [0.15, 0.2) is 0 Å². The van der Waals surface area contributed by atoms with Crippen LogP contribution in [0.25, 0.3) is 11.3 Å². The molecule has 0 atom stereocenters. The number of nitrogens with zero attached hydrogens (tertiary/aromatic N) is 3. The minimum atomic E-state index is -0.921. The largest absolute Gasteiger partial charge is 0.419 e. The number of rotatable bonds is 3. The van der Waals surface area contributed by atoms with Crippen LogP contribution in [0.2, 0.25) is 0 Å². The van der Waals surface area contributed by atoms with Crippen LogP contribution in [0.15, 0.2) is 36.4 Å². The van der Waals surface area contributed by atoms with E-state index in [-0.39, 0.29) is 11.4 Å². The first-order valence-corrected chi connectivity index (χ1v) is 6.11. The summed E-state index contributed by atoms with van der Waals surface area (Å²) in [7, 11) is 0. The maximum atomic E-state index is 13.6. The number of hydrogen-bond donors (Lipinski definition) is 1. The van der Waals surface area contributed by atoms with E-state index < -0.39 is 11.9 Å². The van der Waals surface area contributed by atoms with Gasteiger partial charge in [-0.15, -0.1) is 5.10 Å². The van der Waals surface area contributed by atoms with Crippen LogP contribution >= 0.6 is 0 Å². The summed E-state index contributed by atoms with van der Waals surface area (Å²) in [6, 6.07) is 8.91. The lowest BCUT2D eigenvalue weighted by Crippen LogP contribution is -1.95. The SMILES string of the molecule is Cc1cc(Oc2cccc(-c3ccc(F)nc3F)n2)n[nH]1. The van der Waals surface area contributed by atoms with Gasteiger partial charge in [0.2, 0.25) is 23.7 Å². The highest BCUT2D eigenvalue weighted by Crippen LogP contribution is 2.24. The van der Waals surface area contributed by atoms with Crippen LogP contribution in [0, 0.1) is 18.8 Å². The molecule has 0 saturated heterocycles. The number of hydrogen-bond acceptors (Lipinski definition) is 4. The molecule has 0 fully saturated rings. The maximum Gasteiger partial charge on any atom is 0.240 e. The fraction of sp³-hybridized carbons (Fsp3) is 0.0714. The molecule has 21 heavy (non-hydrogen) atoms. The van der Waals surface area contributed by atoms with Crippen LogP contribution in [-0.2, 0) is 0 Å². The predicted octanol–water partition coefficient (Wildman–Crippen LogP) is 3.25. The van der Waals surface area contributed by atoms with Crippen molar-refractivity contribution < 1.29 is 13.5 Å². The Kier molecular flexibility index (Phi) is 3.31. The second-order valence-electron chi connectivity index (χ2n) is 4.32. The van der Waals surface area contributed by atoms with Gasteiger partial charge in [0, 0.05) is 17.8 Å². The molecule has 0 aliphatic carbocycles. The van der Waals surface area contributed by atoms with Crippen molar-refractivity contribution in [1.82, 2.24) is 20.2 Å². The van der Waals surface area contributed by atoms with Crippen molar-refractivity contribution in [2.45, 2.75) is 6.92 Å². The number of nitrogens with one attached hydrogen (secondary N) is 1. The van der Waals surface area contributed by atoms with Crippen LogP contribution in [0.1, 0.15) is 5.69 Å². The first-order valence-electron chi connectivity index (χ1n) is 6.11. The van der Waals surface area contributed by atoms with Crippen molar-refractivity contribution in [3.63, 3.8) is 0 Å². The summed E-state index contributed by atoms with van der Waals surface area (Å²) in [6.07, 6.45) is 0. The van der Waals surface area contributed by atoms with Gasteiger partial charge >= 0.3 is 0 Å². The van der Waals surface area contributed by atoms with Crippen molar-refractivity contribution in [1.29, 1.82) is 0 Å². The Hall–Kier alpha value is -2.83. The van der Waals surface area contributed by atoms with Crippen molar-refractivity contribution in [3.8, 4) is 23.0 Å². The maximum absolute atomic E-state index is 13.6. The van der Waals surface area contributed by atoms with E-state index in [2.05, 4.69) is 20.2 Å². The summed E-state index contributed by atoms with van der Waals surface area (Å²) in [5.41, 5.74) is 1.24. The molecule has 7 heteroatoms. The normalized spacial score (nSPS) is 10.6. The van der Waals surface area contributed by atoms with E-state index in [1.807, 2.05) is 6.92 Å². The molecule has 0 bridgehead atoms. The summed E-state index contributed by atoms with van der Waals surface area (Å²) >= 11 is 0. The molecule has 106 valence electrons. The molecule has 0 radical (unpaired) electrons. The summed E-state index contributed by atoms with van der Waals surface area (Å²) in [6.45, 7) is 1.84. The molecule has 3 heterocycles.